The van der Waals surface area contributed by atoms with Crippen molar-refractivity contribution in [2.24, 2.45) is 0 Å². The molecule has 0 aliphatic carbocycles. The van der Waals surface area contributed by atoms with Gasteiger partial charge in [-0.05, 0) is 59.8 Å². The van der Waals surface area contributed by atoms with Crippen molar-refractivity contribution in [3.63, 3.8) is 0 Å². The molecule has 32 heavy (non-hydrogen) atoms. The van der Waals surface area contributed by atoms with Crippen LogP contribution in [0.4, 0.5) is 0 Å². The molecule has 10 heteroatoms. The van der Waals surface area contributed by atoms with Crippen molar-refractivity contribution in [1.29, 1.82) is 0 Å². The van der Waals surface area contributed by atoms with Crippen LogP contribution in [0.15, 0.2) is 65.3 Å². The first-order chi connectivity index (χ1) is 15.5. The van der Waals surface area contributed by atoms with Crippen molar-refractivity contribution >= 4 is 34.8 Å². The molecule has 0 radical (unpaired) electrons. The monoisotopic (exact) mass is 484 g/mol. The highest BCUT2D eigenvalue weighted by molar-refractivity contribution is 6.35. The number of aromatic nitrogens is 6. The second kappa shape index (κ2) is 8.43. The van der Waals surface area contributed by atoms with Gasteiger partial charge >= 0.3 is 0 Å². The summed E-state index contributed by atoms with van der Waals surface area (Å²) in [6.07, 6.45) is 1.61. The summed E-state index contributed by atoms with van der Waals surface area (Å²) in [5.74, 6) is 1.24. The zero-order chi connectivity index (χ0) is 22.2. The van der Waals surface area contributed by atoms with Gasteiger partial charge in [0.25, 0.3) is 0 Å². The van der Waals surface area contributed by atoms with Gasteiger partial charge in [-0.2, -0.15) is 5.10 Å². The molecular formula is C22H15Cl3N6O. The summed E-state index contributed by atoms with van der Waals surface area (Å²) < 4.78 is 8.87. The molecule has 0 atom stereocenters. The molecule has 0 N–H and O–H groups in total. The fraction of sp³-hybridized carbons (Fsp3) is 0.0909. The molecule has 0 unspecified atom stereocenters. The maximum atomic E-state index is 6.54. The summed E-state index contributed by atoms with van der Waals surface area (Å²) in [7, 11) is 0. The number of hydrogen-bond acceptors (Lipinski definition) is 5. The van der Waals surface area contributed by atoms with Crippen LogP contribution >= 0.6 is 34.8 Å². The summed E-state index contributed by atoms with van der Waals surface area (Å²) in [5, 5.41) is 18.7. The quantitative estimate of drug-likeness (QED) is 0.300. The lowest BCUT2D eigenvalue weighted by Gasteiger charge is -2.11. The van der Waals surface area contributed by atoms with E-state index in [2.05, 4.69) is 15.5 Å². The van der Waals surface area contributed by atoms with Gasteiger partial charge in [-0.3, -0.25) is 0 Å². The Morgan fingerprint density at radius 3 is 2.47 bits per heavy atom. The highest BCUT2D eigenvalue weighted by atomic mass is 35.5. The third-order valence-electron chi connectivity index (χ3n) is 5.01. The van der Waals surface area contributed by atoms with E-state index in [1.165, 1.54) is 0 Å². The molecule has 2 aromatic carbocycles. The minimum absolute atomic E-state index is 0.375. The van der Waals surface area contributed by atoms with Crippen LogP contribution in [-0.2, 0) is 6.54 Å². The summed E-state index contributed by atoms with van der Waals surface area (Å²) in [4.78, 5) is 0. The van der Waals surface area contributed by atoms with Crippen LogP contribution in [0.5, 0.6) is 0 Å². The lowest BCUT2D eigenvalue weighted by molar-refractivity contribution is 0.476. The van der Waals surface area contributed by atoms with Crippen molar-refractivity contribution < 1.29 is 4.42 Å². The van der Waals surface area contributed by atoms with Crippen LogP contribution in [0.2, 0.25) is 15.1 Å². The van der Waals surface area contributed by atoms with E-state index in [1.807, 2.05) is 49.4 Å². The van der Waals surface area contributed by atoms with Crippen molar-refractivity contribution in [2.75, 3.05) is 0 Å². The molecule has 3 heterocycles. The van der Waals surface area contributed by atoms with E-state index in [0.717, 1.165) is 22.6 Å². The second-order valence-electron chi connectivity index (χ2n) is 7.08. The molecule has 0 amide bonds. The Bertz CT molecular complexity index is 1390. The Morgan fingerprint density at radius 2 is 1.75 bits per heavy atom. The normalized spacial score (nSPS) is 11.2. The summed E-state index contributed by atoms with van der Waals surface area (Å²) in [6.45, 7) is 2.35. The van der Waals surface area contributed by atoms with Gasteiger partial charge in [0.2, 0.25) is 5.82 Å². The Kier molecular flexibility index (Phi) is 5.46. The Labute approximate surface area is 198 Å². The summed E-state index contributed by atoms with van der Waals surface area (Å²) in [6, 6.07) is 16.5. The molecule has 0 aliphatic heterocycles. The largest absolute Gasteiger partial charge is 0.467 e. The van der Waals surface area contributed by atoms with E-state index in [4.69, 9.17) is 44.3 Å². The van der Waals surface area contributed by atoms with E-state index in [-0.39, 0.29) is 0 Å². The highest BCUT2D eigenvalue weighted by Gasteiger charge is 2.24. The smallest absolute Gasteiger partial charge is 0.203 e. The molecule has 0 saturated heterocycles. The molecule has 5 rings (SSSR count). The molecule has 160 valence electrons. The maximum Gasteiger partial charge on any atom is 0.203 e. The van der Waals surface area contributed by atoms with E-state index in [9.17, 15) is 0 Å². The van der Waals surface area contributed by atoms with Gasteiger partial charge in [0.1, 0.15) is 18.0 Å². The van der Waals surface area contributed by atoms with Gasteiger partial charge in [-0.25, -0.2) is 9.36 Å². The molecule has 0 saturated carbocycles. The fourth-order valence-corrected chi connectivity index (χ4v) is 4.13. The van der Waals surface area contributed by atoms with E-state index in [0.29, 0.717) is 38.8 Å². The molecule has 0 bridgehead atoms. The Morgan fingerprint density at radius 1 is 0.969 bits per heavy atom. The van der Waals surface area contributed by atoms with Crippen LogP contribution in [0.1, 0.15) is 11.3 Å². The van der Waals surface area contributed by atoms with Gasteiger partial charge in [0.15, 0.2) is 0 Å². The van der Waals surface area contributed by atoms with Crippen molar-refractivity contribution in [3.05, 3.63) is 87.3 Å². The number of hydrogen-bond donors (Lipinski definition) is 0. The number of benzene rings is 2. The van der Waals surface area contributed by atoms with Crippen molar-refractivity contribution in [3.8, 4) is 28.5 Å². The van der Waals surface area contributed by atoms with Crippen LogP contribution in [-0.4, -0.2) is 30.0 Å². The van der Waals surface area contributed by atoms with Crippen LogP contribution < -0.4 is 0 Å². The minimum Gasteiger partial charge on any atom is -0.467 e. The van der Waals surface area contributed by atoms with Crippen molar-refractivity contribution in [1.82, 2.24) is 30.0 Å². The molecule has 5 aromatic rings. The first kappa shape index (κ1) is 20.8. The van der Waals surface area contributed by atoms with Gasteiger partial charge in [0.05, 0.1) is 22.7 Å². The molecule has 7 nitrogen and oxygen atoms in total. The number of furan rings is 1. The number of tetrazole rings is 1. The van der Waals surface area contributed by atoms with Gasteiger partial charge in [0, 0.05) is 21.2 Å². The average Bonchev–Trinajstić information content (AvgIpc) is 3.50. The highest BCUT2D eigenvalue weighted by Crippen LogP contribution is 2.35. The number of nitrogens with zero attached hydrogens (tertiary/aromatic N) is 6. The molecule has 0 spiro atoms. The minimum atomic E-state index is 0.375. The molecule has 0 aliphatic rings. The first-order valence-corrected chi connectivity index (χ1v) is 10.7. The third-order valence-corrected chi connectivity index (χ3v) is 5.80. The van der Waals surface area contributed by atoms with Gasteiger partial charge < -0.3 is 4.42 Å². The molecule has 0 fully saturated rings. The summed E-state index contributed by atoms with van der Waals surface area (Å²) >= 11 is 18.8. The lowest BCUT2D eigenvalue weighted by Crippen LogP contribution is -2.05. The van der Waals surface area contributed by atoms with Gasteiger partial charge in [-0.1, -0.05) is 46.9 Å². The Hall–Kier alpha value is -3.13. The second-order valence-corrected chi connectivity index (χ2v) is 8.36. The first-order valence-electron chi connectivity index (χ1n) is 9.61. The topological polar surface area (TPSA) is 74.6 Å². The molecular weight excluding hydrogens is 471 g/mol. The lowest BCUT2D eigenvalue weighted by atomic mass is 10.1. The predicted molar refractivity (Wildman–Crippen MR) is 123 cm³/mol. The van der Waals surface area contributed by atoms with Crippen molar-refractivity contribution in [2.45, 2.75) is 13.5 Å². The maximum absolute atomic E-state index is 6.54. The van der Waals surface area contributed by atoms with E-state index in [1.54, 1.807) is 27.8 Å². The number of rotatable bonds is 5. The fourth-order valence-electron chi connectivity index (χ4n) is 3.51. The number of halogens is 3. The van der Waals surface area contributed by atoms with Crippen LogP contribution in [0.3, 0.4) is 0 Å². The van der Waals surface area contributed by atoms with E-state index < -0.39 is 0 Å². The average molecular weight is 486 g/mol. The zero-order valence-corrected chi connectivity index (χ0v) is 19.0. The van der Waals surface area contributed by atoms with Crippen LogP contribution in [0, 0.1) is 6.92 Å². The summed E-state index contributed by atoms with van der Waals surface area (Å²) in [5.41, 5.74) is 3.95. The van der Waals surface area contributed by atoms with Crippen LogP contribution in [0.25, 0.3) is 28.5 Å². The van der Waals surface area contributed by atoms with E-state index >= 15 is 0 Å². The molecule has 3 aromatic heterocycles. The predicted octanol–water partition coefficient (Wildman–Crippen LogP) is 6.10. The Balaban J connectivity index is 1.71. The zero-order valence-electron chi connectivity index (χ0n) is 16.7. The third kappa shape index (κ3) is 3.79. The SMILES string of the molecule is Cc1c(-c2nnnn2Cc2ccco2)nn(-c2ccc(Cl)cc2Cl)c1-c1ccc(Cl)cc1. The van der Waals surface area contributed by atoms with Gasteiger partial charge in [-0.15, -0.1) is 5.10 Å². The standard InChI is InChI=1S/C22H15Cl3N6O/c1-13-20(22-26-28-29-30(22)12-17-3-2-10-32-17)27-31(19-9-8-16(24)11-18(19)25)21(13)14-4-6-15(23)7-5-14/h2-11H,12H2,1H3.